The summed E-state index contributed by atoms with van der Waals surface area (Å²) in [6, 6.07) is 0. The predicted octanol–water partition coefficient (Wildman–Crippen LogP) is 2.58. The molecule has 2 nitrogen and oxygen atoms in total. The Bertz CT molecular complexity index is 116. The lowest BCUT2D eigenvalue weighted by molar-refractivity contribution is 0.0868. The van der Waals surface area contributed by atoms with Crippen LogP contribution in [-0.4, -0.2) is 22.4 Å². The highest BCUT2D eigenvalue weighted by molar-refractivity contribution is 4.69. The monoisotopic (exact) mass is 202 g/mol. The van der Waals surface area contributed by atoms with Gasteiger partial charge in [0.05, 0.1) is 12.2 Å². The second kappa shape index (κ2) is 7.24. The SMILES string of the molecule is CCC(CCC(CC)C(C)O)C(C)O. The number of aliphatic hydroxyl groups excluding tert-OH is 2. The van der Waals surface area contributed by atoms with Crippen LogP contribution in [0.4, 0.5) is 0 Å². The van der Waals surface area contributed by atoms with E-state index in [2.05, 4.69) is 13.8 Å². The Morgan fingerprint density at radius 1 is 0.786 bits per heavy atom. The molecule has 0 aromatic carbocycles. The molecule has 14 heavy (non-hydrogen) atoms. The molecule has 0 aromatic rings. The third-order valence-corrected chi connectivity index (χ3v) is 3.32. The smallest absolute Gasteiger partial charge is 0.0540 e. The lowest BCUT2D eigenvalue weighted by Crippen LogP contribution is -2.21. The van der Waals surface area contributed by atoms with Crippen LogP contribution < -0.4 is 0 Å². The number of hydrogen-bond donors (Lipinski definition) is 2. The second-order valence-corrected chi connectivity index (χ2v) is 4.40. The third kappa shape index (κ3) is 4.97. The summed E-state index contributed by atoms with van der Waals surface area (Å²) in [4.78, 5) is 0. The molecule has 0 saturated carbocycles. The van der Waals surface area contributed by atoms with Gasteiger partial charge in [-0.2, -0.15) is 0 Å². The Hall–Kier alpha value is -0.0800. The van der Waals surface area contributed by atoms with Crippen LogP contribution in [0.1, 0.15) is 53.4 Å². The van der Waals surface area contributed by atoms with Gasteiger partial charge < -0.3 is 10.2 Å². The third-order valence-electron chi connectivity index (χ3n) is 3.32. The molecule has 0 radical (unpaired) electrons. The number of hydrogen-bond acceptors (Lipinski definition) is 2. The van der Waals surface area contributed by atoms with Crippen molar-refractivity contribution in [3.63, 3.8) is 0 Å². The maximum absolute atomic E-state index is 9.47. The van der Waals surface area contributed by atoms with E-state index in [1.54, 1.807) is 0 Å². The van der Waals surface area contributed by atoms with Crippen molar-refractivity contribution in [3.8, 4) is 0 Å². The molecule has 0 saturated heterocycles. The minimum absolute atomic E-state index is 0.216. The fourth-order valence-electron chi connectivity index (χ4n) is 2.00. The van der Waals surface area contributed by atoms with E-state index < -0.39 is 0 Å². The summed E-state index contributed by atoms with van der Waals surface area (Å²) in [5.74, 6) is 0.783. The average molecular weight is 202 g/mol. The van der Waals surface area contributed by atoms with Crippen molar-refractivity contribution in [1.82, 2.24) is 0 Å². The molecule has 0 spiro atoms. The molecule has 4 unspecified atom stereocenters. The molecule has 0 fully saturated rings. The lowest BCUT2D eigenvalue weighted by Gasteiger charge is -2.23. The van der Waals surface area contributed by atoms with Crippen molar-refractivity contribution < 1.29 is 10.2 Å². The maximum atomic E-state index is 9.47. The fourth-order valence-corrected chi connectivity index (χ4v) is 2.00. The first-order valence-corrected chi connectivity index (χ1v) is 5.88. The topological polar surface area (TPSA) is 40.5 Å². The first kappa shape index (κ1) is 13.9. The van der Waals surface area contributed by atoms with Crippen molar-refractivity contribution in [2.24, 2.45) is 11.8 Å². The van der Waals surface area contributed by atoms with E-state index >= 15 is 0 Å². The van der Waals surface area contributed by atoms with Gasteiger partial charge in [-0.25, -0.2) is 0 Å². The van der Waals surface area contributed by atoms with E-state index in [9.17, 15) is 10.2 Å². The van der Waals surface area contributed by atoms with Gasteiger partial charge in [-0.3, -0.25) is 0 Å². The van der Waals surface area contributed by atoms with Crippen LogP contribution in [0.2, 0.25) is 0 Å². The Morgan fingerprint density at radius 2 is 1.07 bits per heavy atom. The molecule has 4 atom stereocenters. The highest BCUT2D eigenvalue weighted by Gasteiger charge is 2.17. The largest absolute Gasteiger partial charge is 0.393 e. The van der Waals surface area contributed by atoms with E-state index in [0.29, 0.717) is 11.8 Å². The van der Waals surface area contributed by atoms with E-state index in [4.69, 9.17) is 0 Å². The van der Waals surface area contributed by atoms with Crippen LogP contribution in [0.3, 0.4) is 0 Å². The fraction of sp³-hybridized carbons (Fsp3) is 1.00. The summed E-state index contributed by atoms with van der Waals surface area (Å²) in [6.07, 6.45) is 3.66. The molecule has 2 heteroatoms. The molecule has 0 aliphatic rings. The Morgan fingerprint density at radius 3 is 1.21 bits per heavy atom. The Balaban J connectivity index is 3.88. The van der Waals surface area contributed by atoms with Gasteiger partial charge in [0.1, 0.15) is 0 Å². The highest BCUT2D eigenvalue weighted by atomic mass is 16.3. The van der Waals surface area contributed by atoms with Gasteiger partial charge in [0.25, 0.3) is 0 Å². The molecule has 0 bridgehead atoms. The normalized spacial score (nSPS) is 20.1. The highest BCUT2D eigenvalue weighted by Crippen LogP contribution is 2.22. The van der Waals surface area contributed by atoms with Crippen LogP contribution in [0, 0.1) is 11.8 Å². The Kier molecular flexibility index (Phi) is 7.20. The minimum Gasteiger partial charge on any atom is -0.393 e. The van der Waals surface area contributed by atoms with Gasteiger partial charge >= 0.3 is 0 Å². The van der Waals surface area contributed by atoms with E-state index in [1.807, 2.05) is 13.8 Å². The number of rotatable bonds is 7. The van der Waals surface area contributed by atoms with Crippen molar-refractivity contribution in [2.75, 3.05) is 0 Å². The second-order valence-electron chi connectivity index (χ2n) is 4.40. The van der Waals surface area contributed by atoms with Gasteiger partial charge in [-0.05, 0) is 38.5 Å². The van der Waals surface area contributed by atoms with Gasteiger partial charge in [0.2, 0.25) is 0 Å². The average Bonchev–Trinajstić information content (AvgIpc) is 2.11. The Labute approximate surface area is 88.3 Å². The van der Waals surface area contributed by atoms with Gasteiger partial charge in [-0.1, -0.05) is 26.7 Å². The molecule has 2 N–H and O–H groups in total. The molecule has 0 aromatic heterocycles. The lowest BCUT2D eigenvalue weighted by atomic mass is 9.87. The predicted molar refractivity (Wildman–Crippen MR) is 60.2 cm³/mol. The standard InChI is InChI=1S/C12H26O2/c1-5-11(9(3)13)7-8-12(6-2)10(4)14/h9-14H,5-8H2,1-4H3. The molecule has 86 valence electrons. The van der Waals surface area contributed by atoms with Crippen LogP contribution in [0.15, 0.2) is 0 Å². The zero-order valence-electron chi connectivity index (χ0n) is 10.0. The van der Waals surface area contributed by atoms with Crippen molar-refractivity contribution in [2.45, 2.75) is 65.6 Å². The van der Waals surface area contributed by atoms with Crippen molar-refractivity contribution in [3.05, 3.63) is 0 Å². The van der Waals surface area contributed by atoms with Crippen LogP contribution in [0.5, 0.6) is 0 Å². The van der Waals surface area contributed by atoms with E-state index in [-0.39, 0.29) is 12.2 Å². The quantitative estimate of drug-likeness (QED) is 0.666. The molecule has 0 amide bonds. The number of aliphatic hydroxyl groups is 2. The van der Waals surface area contributed by atoms with Gasteiger partial charge in [-0.15, -0.1) is 0 Å². The summed E-state index contributed by atoms with van der Waals surface area (Å²) in [5.41, 5.74) is 0. The maximum Gasteiger partial charge on any atom is 0.0540 e. The summed E-state index contributed by atoms with van der Waals surface area (Å²) in [7, 11) is 0. The first-order valence-electron chi connectivity index (χ1n) is 5.88. The van der Waals surface area contributed by atoms with Crippen LogP contribution in [0.25, 0.3) is 0 Å². The van der Waals surface area contributed by atoms with Crippen LogP contribution >= 0.6 is 0 Å². The summed E-state index contributed by atoms with van der Waals surface area (Å²) >= 11 is 0. The van der Waals surface area contributed by atoms with Crippen molar-refractivity contribution in [1.29, 1.82) is 0 Å². The molecular formula is C12H26O2. The molecule has 0 heterocycles. The summed E-state index contributed by atoms with van der Waals surface area (Å²) in [5, 5.41) is 18.9. The molecular weight excluding hydrogens is 176 g/mol. The summed E-state index contributed by atoms with van der Waals surface area (Å²) < 4.78 is 0. The van der Waals surface area contributed by atoms with Gasteiger partial charge in [0.15, 0.2) is 0 Å². The van der Waals surface area contributed by atoms with Crippen molar-refractivity contribution >= 4 is 0 Å². The van der Waals surface area contributed by atoms with E-state index in [1.165, 1.54) is 0 Å². The summed E-state index contributed by atoms with van der Waals surface area (Å²) in [6.45, 7) is 7.94. The molecule has 0 aliphatic heterocycles. The van der Waals surface area contributed by atoms with Crippen LogP contribution in [-0.2, 0) is 0 Å². The molecule has 0 aliphatic carbocycles. The zero-order chi connectivity index (χ0) is 11.1. The first-order chi connectivity index (χ1) is 6.52. The minimum atomic E-state index is -0.216. The van der Waals surface area contributed by atoms with Gasteiger partial charge in [0, 0.05) is 0 Å². The molecule has 0 rings (SSSR count). The zero-order valence-corrected chi connectivity index (χ0v) is 10.0. The van der Waals surface area contributed by atoms with E-state index in [0.717, 1.165) is 25.7 Å².